The summed E-state index contributed by atoms with van der Waals surface area (Å²) in [5.41, 5.74) is 1.01. The van der Waals surface area contributed by atoms with E-state index < -0.39 is 0 Å². The van der Waals surface area contributed by atoms with Crippen LogP contribution < -0.4 is 0 Å². The van der Waals surface area contributed by atoms with E-state index in [2.05, 4.69) is 20.8 Å². The SMILES string of the molecule is CCC(C)(C)N(C)C(=N)c1ccccc1. The number of hydrogen-bond acceptors (Lipinski definition) is 1. The number of hydrogen-bond donors (Lipinski definition) is 1. The smallest absolute Gasteiger partial charge is 0.128 e. The topological polar surface area (TPSA) is 27.1 Å². The molecule has 82 valence electrons. The molecule has 0 aromatic heterocycles. The van der Waals surface area contributed by atoms with Gasteiger partial charge in [0.1, 0.15) is 5.84 Å². The maximum atomic E-state index is 8.12. The summed E-state index contributed by atoms with van der Waals surface area (Å²) in [6.45, 7) is 6.46. The van der Waals surface area contributed by atoms with Gasteiger partial charge in [-0.3, -0.25) is 5.41 Å². The molecule has 0 unspecified atom stereocenters. The fraction of sp³-hybridized carbons (Fsp3) is 0.462. The lowest BCUT2D eigenvalue weighted by atomic mass is 9.98. The van der Waals surface area contributed by atoms with Crippen molar-refractivity contribution in [2.75, 3.05) is 7.05 Å². The zero-order valence-electron chi connectivity index (χ0n) is 10.0. The van der Waals surface area contributed by atoms with Gasteiger partial charge in [-0.1, -0.05) is 37.3 Å². The third-order valence-corrected chi connectivity index (χ3v) is 3.16. The van der Waals surface area contributed by atoms with Gasteiger partial charge in [0.05, 0.1) is 0 Å². The van der Waals surface area contributed by atoms with E-state index in [9.17, 15) is 0 Å². The second-order valence-electron chi connectivity index (χ2n) is 4.44. The van der Waals surface area contributed by atoms with Gasteiger partial charge in [0.25, 0.3) is 0 Å². The van der Waals surface area contributed by atoms with Crippen molar-refractivity contribution in [3.8, 4) is 0 Å². The zero-order chi connectivity index (χ0) is 11.5. The van der Waals surface area contributed by atoms with Gasteiger partial charge in [-0.25, -0.2) is 0 Å². The molecule has 2 nitrogen and oxygen atoms in total. The molecule has 0 bridgehead atoms. The largest absolute Gasteiger partial charge is 0.355 e. The van der Waals surface area contributed by atoms with Crippen LogP contribution in [-0.4, -0.2) is 23.3 Å². The summed E-state index contributed by atoms with van der Waals surface area (Å²) in [7, 11) is 1.98. The molecule has 15 heavy (non-hydrogen) atoms. The summed E-state index contributed by atoms with van der Waals surface area (Å²) in [6, 6.07) is 9.87. The van der Waals surface area contributed by atoms with Crippen LogP contribution in [-0.2, 0) is 0 Å². The lowest BCUT2D eigenvalue weighted by molar-refractivity contribution is 0.245. The van der Waals surface area contributed by atoms with Crippen molar-refractivity contribution in [2.24, 2.45) is 0 Å². The molecule has 0 atom stereocenters. The minimum atomic E-state index is 0.0346. The summed E-state index contributed by atoms with van der Waals surface area (Å²) >= 11 is 0. The summed E-state index contributed by atoms with van der Waals surface area (Å²) in [5, 5.41) is 8.12. The molecule has 0 fully saturated rings. The van der Waals surface area contributed by atoms with Crippen LogP contribution in [0.2, 0.25) is 0 Å². The van der Waals surface area contributed by atoms with Gasteiger partial charge in [0.2, 0.25) is 0 Å². The summed E-state index contributed by atoms with van der Waals surface area (Å²) < 4.78 is 0. The predicted octanol–water partition coefficient (Wildman–Crippen LogP) is 3.13. The van der Waals surface area contributed by atoms with E-state index in [1.165, 1.54) is 0 Å². The first-order valence-corrected chi connectivity index (χ1v) is 5.37. The molecule has 0 saturated heterocycles. The van der Waals surface area contributed by atoms with Crippen molar-refractivity contribution < 1.29 is 0 Å². The Morgan fingerprint density at radius 1 is 1.27 bits per heavy atom. The molecule has 0 heterocycles. The van der Waals surface area contributed by atoms with Gasteiger partial charge in [0.15, 0.2) is 0 Å². The molecule has 1 aromatic rings. The Hall–Kier alpha value is -1.31. The van der Waals surface area contributed by atoms with Crippen LogP contribution >= 0.6 is 0 Å². The van der Waals surface area contributed by atoms with E-state index >= 15 is 0 Å². The van der Waals surface area contributed by atoms with Crippen molar-refractivity contribution in [1.82, 2.24) is 4.90 Å². The van der Waals surface area contributed by atoms with E-state index in [0.29, 0.717) is 5.84 Å². The second-order valence-corrected chi connectivity index (χ2v) is 4.44. The van der Waals surface area contributed by atoms with Crippen LogP contribution in [0, 0.1) is 5.41 Å². The summed E-state index contributed by atoms with van der Waals surface area (Å²) in [5.74, 6) is 0.586. The van der Waals surface area contributed by atoms with Crippen molar-refractivity contribution in [3.63, 3.8) is 0 Å². The fourth-order valence-electron chi connectivity index (χ4n) is 1.33. The molecular weight excluding hydrogens is 184 g/mol. The third-order valence-electron chi connectivity index (χ3n) is 3.16. The van der Waals surface area contributed by atoms with E-state index in [1.54, 1.807) is 0 Å². The molecule has 0 spiro atoms. The first-order valence-electron chi connectivity index (χ1n) is 5.37. The van der Waals surface area contributed by atoms with Crippen molar-refractivity contribution in [2.45, 2.75) is 32.7 Å². The second kappa shape index (κ2) is 4.47. The normalized spacial score (nSPS) is 11.2. The molecule has 0 aliphatic heterocycles. The van der Waals surface area contributed by atoms with Crippen LogP contribution in [0.25, 0.3) is 0 Å². The van der Waals surface area contributed by atoms with E-state index in [0.717, 1.165) is 12.0 Å². The van der Waals surface area contributed by atoms with Gasteiger partial charge in [0, 0.05) is 18.2 Å². The average molecular weight is 204 g/mol. The van der Waals surface area contributed by atoms with Crippen molar-refractivity contribution in [1.29, 1.82) is 5.41 Å². The van der Waals surface area contributed by atoms with Gasteiger partial charge in [-0.05, 0) is 20.3 Å². The van der Waals surface area contributed by atoms with Crippen molar-refractivity contribution in [3.05, 3.63) is 35.9 Å². The van der Waals surface area contributed by atoms with Crippen LogP contribution in [0.4, 0.5) is 0 Å². The minimum Gasteiger partial charge on any atom is -0.355 e. The molecule has 1 rings (SSSR count). The number of benzene rings is 1. The standard InChI is InChI=1S/C13H20N2/c1-5-13(2,3)15(4)12(14)11-9-7-6-8-10-11/h6-10,14H,5H2,1-4H3. The molecule has 0 saturated carbocycles. The number of nitrogens with zero attached hydrogens (tertiary/aromatic N) is 1. The van der Waals surface area contributed by atoms with Crippen LogP contribution in [0.15, 0.2) is 30.3 Å². The first-order chi connectivity index (χ1) is 6.99. The van der Waals surface area contributed by atoms with E-state index in [-0.39, 0.29) is 5.54 Å². The minimum absolute atomic E-state index is 0.0346. The monoisotopic (exact) mass is 204 g/mol. The Bertz CT molecular complexity index is 328. The highest BCUT2D eigenvalue weighted by Gasteiger charge is 2.23. The van der Waals surface area contributed by atoms with Gasteiger partial charge in [-0.2, -0.15) is 0 Å². The highest BCUT2D eigenvalue weighted by Crippen LogP contribution is 2.18. The molecule has 1 aromatic carbocycles. The third kappa shape index (κ3) is 2.58. The molecule has 1 N–H and O–H groups in total. The number of nitrogens with one attached hydrogen (secondary N) is 1. The summed E-state index contributed by atoms with van der Waals surface area (Å²) in [6.07, 6.45) is 1.03. The molecule has 2 heteroatoms. The summed E-state index contributed by atoms with van der Waals surface area (Å²) in [4.78, 5) is 2.03. The van der Waals surface area contributed by atoms with E-state index in [4.69, 9.17) is 5.41 Å². The van der Waals surface area contributed by atoms with Gasteiger partial charge >= 0.3 is 0 Å². The van der Waals surface area contributed by atoms with Gasteiger partial charge < -0.3 is 4.90 Å². The fourth-order valence-corrected chi connectivity index (χ4v) is 1.33. The Morgan fingerprint density at radius 3 is 2.27 bits per heavy atom. The van der Waals surface area contributed by atoms with Crippen LogP contribution in [0.1, 0.15) is 32.8 Å². The number of amidine groups is 1. The zero-order valence-corrected chi connectivity index (χ0v) is 10.0. The average Bonchev–Trinajstić information content (AvgIpc) is 2.28. The number of rotatable bonds is 3. The van der Waals surface area contributed by atoms with Crippen LogP contribution in [0.3, 0.4) is 0 Å². The lowest BCUT2D eigenvalue weighted by Gasteiger charge is -2.36. The predicted molar refractivity (Wildman–Crippen MR) is 65.4 cm³/mol. The highest BCUT2D eigenvalue weighted by atomic mass is 15.2. The maximum Gasteiger partial charge on any atom is 0.128 e. The Labute approximate surface area is 92.4 Å². The maximum absolute atomic E-state index is 8.12. The van der Waals surface area contributed by atoms with E-state index in [1.807, 2.05) is 42.3 Å². The van der Waals surface area contributed by atoms with Crippen molar-refractivity contribution >= 4 is 5.84 Å². The Morgan fingerprint density at radius 2 is 1.80 bits per heavy atom. The molecule has 0 aliphatic rings. The quantitative estimate of drug-likeness (QED) is 0.594. The first kappa shape index (κ1) is 11.8. The molecule has 0 radical (unpaired) electrons. The molecular formula is C13H20N2. The van der Waals surface area contributed by atoms with Gasteiger partial charge in [-0.15, -0.1) is 0 Å². The molecule has 0 aliphatic carbocycles. The Kier molecular flexibility index (Phi) is 3.51. The van der Waals surface area contributed by atoms with Crippen LogP contribution in [0.5, 0.6) is 0 Å². The molecule has 0 amide bonds. The highest BCUT2D eigenvalue weighted by molar-refractivity contribution is 5.96. The lowest BCUT2D eigenvalue weighted by Crippen LogP contribution is -2.44. The Balaban J connectivity index is 2.87.